The fourth-order valence-corrected chi connectivity index (χ4v) is 13.2. The first-order chi connectivity index (χ1) is 21.5. The maximum Gasteiger partial charge on any atom is 0.302 e. The van der Waals surface area contributed by atoms with Gasteiger partial charge in [0, 0.05) is 12.3 Å². The van der Waals surface area contributed by atoms with Gasteiger partial charge in [-0.05, 0) is 142 Å². The predicted octanol–water partition coefficient (Wildman–Crippen LogP) is 9.46. The van der Waals surface area contributed by atoms with Crippen LogP contribution in [-0.2, 0) is 14.3 Å². The molecular weight excluding hydrogens is 570 g/mol. The van der Waals surface area contributed by atoms with Crippen LogP contribution in [0.15, 0.2) is 36.4 Å². The zero-order valence-corrected chi connectivity index (χ0v) is 30.3. The number of nitrogens with one attached hydrogen (secondary N) is 1. The molecule has 5 saturated carbocycles. The Morgan fingerprint density at radius 2 is 1.54 bits per heavy atom. The molecule has 0 bridgehead atoms. The second-order valence-electron chi connectivity index (χ2n) is 17.8. The lowest BCUT2D eigenvalue weighted by molar-refractivity contribution is -0.248. The molecule has 6 rings (SSSR count). The van der Waals surface area contributed by atoms with E-state index in [9.17, 15) is 9.59 Å². The Hall–Kier alpha value is -2.30. The van der Waals surface area contributed by atoms with E-state index in [0.717, 1.165) is 49.8 Å². The zero-order valence-electron chi connectivity index (χ0n) is 30.3. The van der Waals surface area contributed by atoms with Crippen LogP contribution in [0.25, 0.3) is 0 Å². The van der Waals surface area contributed by atoms with E-state index in [1.807, 2.05) is 12.1 Å². The quantitative estimate of drug-likeness (QED) is 0.251. The summed E-state index contributed by atoms with van der Waals surface area (Å²) < 4.78 is 11.3. The number of benzene rings is 1. The van der Waals surface area contributed by atoms with Crippen molar-refractivity contribution in [2.24, 2.45) is 56.7 Å². The van der Waals surface area contributed by atoms with Gasteiger partial charge in [-0.2, -0.15) is 0 Å². The van der Waals surface area contributed by atoms with E-state index in [-0.39, 0.29) is 51.1 Å². The Labute approximate surface area is 279 Å². The molecule has 0 spiro atoms. The molecule has 254 valence electrons. The molecule has 0 unspecified atom stereocenters. The van der Waals surface area contributed by atoms with E-state index < -0.39 is 0 Å². The molecule has 5 nitrogen and oxygen atoms in total. The molecule has 11 atom stereocenters. The van der Waals surface area contributed by atoms with Crippen LogP contribution in [-0.4, -0.2) is 25.1 Å². The first-order valence-corrected chi connectivity index (χ1v) is 18.3. The van der Waals surface area contributed by atoms with Crippen LogP contribution in [0.1, 0.15) is 131 Å². The number of carbonyl (C=O) groups excluding carboxylic acids is 2. The van der Waals surface area contributed by atoms with Gasteiger partial charge >= 0.3 is 5.97 Å². The van der Waals surface area contributed by atoms with Gasteiger partial charge in [-0.3, -0.25) is 9.59 Å². The fraction of sp³-hybridized carbons (Fsp3) is 0.756. The van der Waals surface area contributed by atoms with Crippen LogP contribution in [0.2, 0.25) is 0 Å². The van der Waals surface area contributed by atoms with Gasteiger partial charge in [-0.1, -0.05) is 58.9 Å². The molecule has 1 amide bonds. The number of amides is 1. The van der Waals surface area contributed by atoms with Crippen molar-refractivity contribution >= 4 is 11.9 Å². The minimum Gasteiger partial charge on any atom is -0.497 e. The zero-order chi connectivity index (χ0) is 33.4. The van der Waals surface area contributed by atoms with Crippen molar-refractivity contribution < 1.29 is 19.1 Å². The SMILES string of the molecule is C=C(C)[C@@H]1CC[C@]2(C(=O)N[C@H](C)c3ccc(OC)cc3)CC[C@]3(C)[C@H](CC[C@@H]4[C@@]5(C)CC[C@H](OC(C)=O)C(C)(C)[C@@H]5CC[C@]43C)[C@@H]12. The minimum absolute atomic E-state index is 0.00304. The lowest BCUT2D eigenvalue weighted by atomic mass is 9.32. The van der Waals surface area contributed by atoms with E-state index in [2.05, 4.69) is 72.5 Å². The number of hydrogen-bond acceptors (Lipinski definition) is 4. The summed E-state index contributed by atoms with van der Waals surface area (Å²) >= 11 is 0. The minimum atomic E-state index is -0.330. The number of ether oxygens (including phenoxy) is 2. The predicted molar refractivity (Wildman–Crippen MR) is 184 cm³/mol. The summed E-state index contributed by atoms with van der Waals surface area (Å²) in [6.07, 6.45) is 11.1. The summed E-state index contributed by atoms with van der Waals surface area (Å²) in [6.45, 7) is 23.1. The van der Waals surface area contributed by atoms with E-state index in [1.165, 1.54) is 31.3 Å². The van der Waals surface area contributed by atoms with E-state index >= 15 is 0 Å². The van der Waals surface area contributed by atoms with Gasteiger partial charge in [0.25, 0.3) is 0 Å². The number of carbonyl (C=O) groups is 2. The van der Waals surface area contributed by atoms with Crippen molar-refractivity contribution in [3.8, 4) is 5.75 Å². The summed E-state index contributed by atoms with van der Waals surface area (Å²) in [4.78, 5) is 26.7. The molecule has 5 aliphatic carbocycles. The van der Waals surface area contributed by atoms with Gasteiger partial charge in [0.2, 0.25) is 5.91 Å². The second kappa shape index (κ2) is 11.4. The Morgan fingerprint density at radius 3 is 2.17 bits per heavy atom. The van der Waals surface area contributed by atoms with Gasteiger partial charge in [0.1, 0.15) is 11.9 Å². The van der Waals surface area contributed by atoms with Crippen LogP contribution in [0, 0.1) is 56.7 Å². The largest absolute Gasteiger partial charge is 0.497 e. The smallest absolute Gasteiger partial charge is 0.302 e. The maximum absolute atomic E-state index is 14.6. The number of fused-ring (bicyclic) bond motifs is 7. The maximum atomic E-state index is 14.6. The topological polar surface area (TPSA) is 64.6 Å². The molecule has 5 aliphatic rings. The summed E-state index contributed by atoms with van der Waals surface area (Å²) in [6, 6.07) is 8.05. The molecule has 1 aromatic rings. The van der Waals surface area contributed by atoms with Crippen LogP contribution in [0.3, 0.4) is 0 Å². The average molecular weight is 632 g/mol. The first kappa shape index (κ1) is 33.6. The lowest BCUT2D eigenvalue weighted by Crippen LogP contribution is -2.67. The number of hydrogen-bond donors (Lipinski definition) is 1. The molecule has 46 heavy (non-hydrogen) atoms. The average Bonchev–Trinajstić information content (AvgIpc) is 3.40. The van der Waals surface area contributed by atoms with Crippen LogP contribution in [0.5, 0.6) is 5.75 Å². The number of rotatable bonds is 6. The summed E-state index contributed by atoms with van der Waals surface area (Å²) in [5.74, 6) is 3.38. The van der Waals surface area contributed by atoms with Crippen molar-refractivity contribution in [1.82, 2.24) is 5.32 Å². The molecule has 5 fully saturated rings. The molecule has 0 saturated heterocycles. The van der Waals surface area contributed by atoms with Crippen LogP contribution >= 0.6 is 0 Å². The van der Waals surface area contributed by atoms with Gasteiger partial charge < -0.3 is 14.8 Å². The monoisotopic (exact) mass is 631 g/mol. The van der Waals surface area contributed by atoms with Gasteiger partial charge in [-0.15, -0.1) is 0 Å². The molecule has 1 aromatic carbocycles. The molecular formula is C41H61NO4. The summed E-state index contributed by atoms with van der Waals surface area (Å²) in [5, 5.41) is 3.52. The highest BCUT2D eigenvalue weighted by Gasteiger charge is 2.72. The van der Waals surface area contributed by atoms with E-state index in [4.69, 9.17) is 9.47 Å². The Bertz CT molecular complexity index is 1370. The summed E-state index contributed by atoms with van der Waals surface area (Å²) in [5.41, 5.74) is 2.63. The van der Waals surface area contributed by atoms with Gasteiger partial charge in [0.15, 0.2) is 0 Å². The number of methoxy groups -OCH3 is 1. The lowest BCUT2D eigenvalue weighted by Gasteiger charge is -2.72. The molecule has 0 heterocycles. The Balaban J connectivity index is 1.31. The Morgan fingerprint density at radius 1 is 0.848 bits per heavy atom. The molecule has 1 N–H and O–H groups in total. The van der Waals surface area contributed by atoms with Gasteiger partial charge in [-0.25, -0.2) is 0 Å². The molecule has 5 heteroatoms. The van der Waals surface area contributed by atoms with Gasteiger partial charge in [0.05, 0.1) is 18.6 Å². The van der Waals surface area contributed by atoms with E-state index in [1.54, 1.807) is 14.0 Å². The first-order valence-electron chi connectivity index (χ1n) is 18.3. The third-order valence-electron chi connectivity index (χ3n) is 15.7. The van der Waals surface area contributed by atoms with Crippen molar-refractivity contribution in [3.05, 3.63) is 42.0 Å². The standard InChI is InChI=1S/C41H61NO4/c1-25(2)30-17-22-41(36(44)42-26(3)28-11-13-29(45-10)14-12-28)24-23-39(8)31(35(30)41)15-16-33-38(7)20-19-34(46-27(4)43)37(5,6)32(38)18-21-40(33,39)9/h11-14,26,30-35H,1,15-24H2,2-10H3,(H,42,44)/t26-,30+,31-,32+,33-,34+,35-,38+,39-,40-,41+/m1/s1. The third kappa shape index (κ3) is 4.74. The normalized spacial score (nSPS) is 43.2. The van der Waals surface area contributed by atoms with Crippen molar-refractivity contribution in [2.45, 2.75) is 132 Å². The highest BCUT2D eigenvalue weighted by Crippen LogP contribution is 2.77. The third-order valence-corrected chi connectivity index (χ3v) is 15.7. The van der Waals surface area contributed by atoms with Crippen molar-refractivity contribution in [1.29, 1.82) is 0 Å². The highest BCUT2D eigenvalue weighted by atomic mass is 16.5. The fourth-order valence-electron chi connectivity index (χ4n) is 13.2. The highest BCUT2D eigenvalue weighted by molar-refractivity contribution is 5.84. The molecule has 0 radical (unpaired) electrons. The van der Waals surface area contributed by atoms with Crippen molar-refractivity contribution in [3.63, 3.8) is 0 Å². The van der Waals surface area contributed by atoms with E-state index in [0.29, 0.717) is 29.6 Å². The van der Waals surface area contributed by atoms with Crippen molar-refractivity contribution in [2.75, 3.05) is 7.11 Å². The molecule has 0 aliphatic heterocycles. The number of esters is 1. The number of allylic oxidation sites excluding steroid dienone is 1. The van der Waals surface area contributed by atoms with Crippen LogP contribution < -0.4 is 10.1 Å². The summed E-state index contributed by atoms with van der Waals surface area (Å²) in [7, 11) is 1.69. The Kier molecular flexibility index (Phi) is 8.33. The molecule has 0 aromatic heterocycles. The van der Waals surface area contributed by atoms with Crippen LogP contribution in [0.4, 0.5) is 0 Å². The second-order valence-corrected chi connectivity index (χ2v) is 17.8.